The molecule has 1 amide bonds. The zero-order valence-corrected chi connectivity index (χ0v) is 23.8. The van der Waals surface area contributed by atoms with Crippen LogP contribution in [0.25, 0.3) is 10.9 Å². The summed E-state index contributed by atoms with van der Waals surface area (Å²) in [6, 6.07) is 0.106. The van der Waals surface area contributed by atoms with Gasteiger partial charge in [-0.15, -0.1) is 0 Å². The molecule has 2 saturated heterocycles. The lowest BCUT2D eigenvalue weighted by Gasteiger charge is -2.31. The van der Waals surface area contributed by atoms with Gasteiger partial charge >= 0.3 is 12.4 Å². The molecule has 0 saturated carbocycles. The van der Waals surface area contributed by atoms with Crippen LogP contribution in [0.15, 0.2) is 29.6 Å². The lowest BCUT2D eigenvalue weighted by Crippen LogP contribution is -2.39. The summed E-state index contributed by atoms with van der Waals surface area (Å²) in [6.07, 6.45) is -0.428. The SMILES string of the molecule is O=C(CCOCCn1cc(C(F)(F)F)c2c(=O)[nH]ncc21)N1CC[C@@H]2CCCN(c3ncc(C(F)(F)F)cn3)CCCC[C@@H]21. The second-order valence-electron chi connectivity index (χ2n) is 11.2. The van der Waals surface area contributed by atoms with Gasteiger partial charge in [0.2, 0.25) is 11.9 Å². The zero-order chi connectivity index (χ0) is 31.5. The van der Waals surface area contributed by atoms with Crippen LogP contribution in [-0.2, 0) is 28.4 Å². The highest BCUT2D eigenvalue weighted by atomic mass is 19.4. The maximum Gasteiger partial charge on any atom is 0.419 e. The van der Waals surface area contributed by atoms with Crippen LogP contribution in [0, 0.1) is 5.92 Å². The summed E-state index contributed by atoms with van der Waals surface area (Å²) >= 11 is 0. The lowest BCUT2D eigenvalue weighted by molar-refractivity contribution is -0.138. The van der Waals surface area contributed by atoms with E-state index >= 15 is 0 Å². The minimum Gasteiger partial charge on any atom is -0.379 e. The third-order valence-electron chi connectivity index (χ3n) is 8.38. The standard InChI is InChI=1S/C28H33F6N7O3/c29-27(30,31)19-14-35-26(36-15-19)39-8-2-1-5-21-18(4-3-9-39)6-10-41(21)23(42)7-12-44-13-11-40-17-20(28(32,33)34)24-22(40)16-37-38-25(24)43/h14-18,21H,1-13H2,(H,38,43)/t18-,21-/m0/s1. The number of carbonyl (C=O) groups excluding carboxylic acids is 1. The number of nitrogens with zero attached hydrogens (tertiary/aromatic N) is 6. The highest BCUT2D eigenvalue weighted by Crippen LogP contribution is 2.35. The minimum absolute atomic E-state index is 0.0316. The molecule has 0 radical (unpaired) electrons. The molecule has 2 fully saturated rings. The second kappa shape index (κ2) is 13.1. The molecule has 1 N–H and O–H groups in total. The monoisotopic (exact) mass is 629 g/mol. The Balaban J connectivity index is 1.10. The van der Waals surface area contributed by atoms with Gasteiger partial charge in [-0.05, 0) is 44.4 Å². The van der Waals surface area contributed by atoms with Gasteiger partial charge in [0.1, 0.15) is 0 Å². The molecule has 2 atom stereocenters. The van der Waals surface area contributed by atoms with E-state index in [-0.39, 0.29) is 49.6 Å². The quantitative estimate of drug-likeness (QED) is 0.300. The number of ether oxygens (including phenoxy) is 1. The molecule has 240 valence electrons. The first-order valence-electron chi connectivity index (χ1n) is 14.6. The van der Waals surface area contributed by atoms with E-state index in [1.165, 1.54) is 10.8 Å². The molecular weight excluding hydrogens is 596 g/mol. The Morgan fingerprint density at radius 3 is 2.41 bits per heavy atom. The highest BCUT2D eigenvalue weighted by molar-refractivity contribution is 5.82. The molecule has 2 aliphatic heterocycles. The highest BCUT2D eigenvalue weighted by Gasteiger charge is 2.37. The molecular formula is C28H33F6N7O3. The summed E-state index contributed by atoms with van der Waals surface area (Å²) in [7, 11) is 0. The molecule has 10 nitrogen and oxygen atoms in total. The van der Waals surface area contributed by atoms with Gasteiger partial charge in [0, 0.05) is 50.8 Å². The van der Waals surface area contributed by atoms with Crippen molar-refractivity contribution in [2.75, 3.05) is 37.7 Å². The first-order chi connectivity index (χ1) is 20.9. The maximum absolute atomic E-state index is 13.4. The Bertz CT molecular complexity index is 1490. The summed E-state index contributed by atoms with van der Waals surface area (Å²) in [5.74, 6) is 0.570. The van der Waals surface area contributed by atoms with E-state index in [0.29, 0.717) is 25.6 Å². The predicted octanol–water partition coefficient (Wildman–Crippen LogP) is 4.65. The van der Waals surface area contributed by atoms with Crippen LogP contribution in [0.5, 0.6) is 0 Å². The summed E-state index contributed by atoms with van der Waals surface area (Å²) in [4.78, 5) is 36.8. The van der Waals surface area contributed by atoms with Crippen molar-refractivity contribution in [2.45, 2.75) is 69.9 Å². The van der Waals surface area contributed by atoms with Crippen LogP contribution in [0.1, 0.15) is 56.1 Å². The van der Waals surface area contributed by atoms with Crippen molar-refractivity contribution < 1.29 is 35.9 Å². The van der Waals surface area contributed by atoms with Crippen molar-refractivity contribution in [1.82, 2.24) is 29.6 Å². The van der Waals surface area contributed by atoms with Crippen molar-refractivity contribution in [3.8, 4) is 0 Å². The van der Waals surface area contributed by atoms with E-state index < -0.39 is 34.4 Å². The van der Waals surface area contributed by atoms with Crippen LogP contribution in [0.4, 0.5) is 32.3 Å². The smallest absolute Gasteiger partial charge is 0.379 e. The summed E-state index contributed by atoms with van der Waals surface area (Å²) in [5, 5.41) is 5.16. The van der Waals surface area contributed by atoms with Crippen LogP contribution >= 0.6 is 0 Å². The number of carbonyl (C=O) groups is 1. The van der Waals surface area contributed by atoms with Gasteiger partial charge in [-0.25, -0.2) is 15.1 Å². The van der Waals surface area contributed by atoms with E-state index in [0.717, 1.165) is 57.1 Å². The molecule has 0 bridgehead atoms. The van der Waals surface area contributed by atoms with Gasteiger partial charge in [-0.2, -0.15) is 31.4 Å². The molecule has 0 unspecified atom stereocenters. The van der Waals surface area contributed by atoms with E-state index in [9.17, 15) is 35.9 Å². The lowest BCUT2D eigenvalue weighted by atomic mass is 9.90. The van der Waals surface area contributed by atoms with Crippen molar-refractivity contribution in [3.63, 3.8) is 0 Å². The summed E-state index contributed by atoms with van der Waals surface area (Å²) < 4.78 is 85.8. The normalized spacial score (nSPS) is 20.2. The van der Waals surface area contributed by atoms with Crippen LogP contribution in [0.2, 0.25) is 0 Å². The number of alkyl halides is 6. The largest absolute Gasteiger partial charge is 0.419 e. The molecule has 0 aromatic carbocycles. The van der Waals surface area contributed by atoms with Gasteiger partial charge in [0.15, 0.2) is 0 Å². The number of aromatic amines is 1. The number of rotatable bonds is 7. The van der Waals surface area contributed by atoms with E-state index in [2.05, 4.69) is 15.1 Å². The molecule has 2 aliphatic rings. The van der Waals surface area contributed by atoms with Crippen molar-refractivity contribution in [3.05, 3.63) is 46.3 Å². The van der Waals surface area contributed by atoms with Crippen molar-refractivity contribution >= 4 is 22.8 Å². The molecule has 0 spiro atoms. The molecule has 5 heterocycles. The number of fused-ring (bicyclic) bond motifs is 2. The molecule has 16 heteroatoms. The molecule has 44 heavy (non-hydrogen) atoms. The zero-order valence-electron chi connectivity index (χ0n) is 23.8. The Hall–Kier alpha value is -3.69. The van der Waals surface area contributed by atoms with Crippen molar-refractivity contribution in [2.24, 2.45) is 5.92 Å². The fourth-order valence-electron chi connectivity index (χ4n) is 6.22. The molecule has 0 aliphatic carbocycles. The topological polar surface area (TPSA) is 109 Å². The Kier molecular flexibility index (Phi) is 9.46. The Morgan fingerprint density at radius 2 is 1.68 bits per heavy atom. The number of aromatic nitrogens is 5. The number of likely N-dealkylation sites (tertiary alicyclic amines) is 1. The van der Waals surface area contributed by atoms with Gasteiger partial charge in [0.25, 0.3) is 5.56 Å². The molecule has 3 aromatic rings. The number of H-pyrrole nitrogens is 1. The first kappa shape index (κ1) is 31.7. The predicted molar refractivity (Wildman–Crippen MR) is 147 cm³/mol. The molecule has 5 rings (SSSR count). The second-order valence-corrected chi connectivity index (χ2v) is 11.2. The number of halogens is 6. The van der Waals surface area contributed by atoms with E-state index in [1.54, 1.807) is 0 Å². The average Bonchev–Trinajstić information content (AvgIpc) is 3.56. The number of nitrogens with one attached hydrogen (secondary N) is 1. The van der Waals surface area contributed by atoms with Gasteiger partial charge in [0.05, 0.1) is 47.9 Å². The van der Waals surface area contributed by atoms with Gasteiger partial charge in [-0.1, -0.05) is 0 Å². The summed E-state index contributed by atoms with van der Waals surface area (Å²) in [5.41, 5.74) is -2.79. The van der Waals surface area contributed by atoms with Crippen LogP contribution in [0.3, 0.4) is 0 Å². The fraction of sp³-hybridized carbons (Fsp3) is 0.607. The third kappa shape index (κ3) is 7.16. The number of anilines is 1. The third-order valence-corrected chi connectivity index (χ3v) is 8.38. The van der Waals surface area contributed by atoms with Crippen LogP contribution < -0.4 is 10.5 Å². The Labute approximate surface area is 248 Å². The summed E-state index contributed by atoms with van der Waals surface area (Å²) in [6.45, 7) is 2.06. The number of hydrogen-bond acceptors (Lipinski definition) is 7. The van der Waals surface area contributed by atoms with E-state index in [4.69, 9.17) is 4.74 Å². The van der Waals surface area contributed by atoms with Gasteiger partial charge < -0.3 is 19.1 Å². The van der Waals surface area contributed by atoms with Crippen molar-refractivity contribution in [1.29, 1.82) is 0 Å². The minimum atomic E-state index is -4.70. The van der Waals surface area contributed by atoms with Crippen LogP contribution in [-0.4, -0.2) is 74.4 Å². The Morgan fingerprint density at radius 1 is 0.932 bits per heavy atom. The van der Waals surface area contributed by atoms with E-state index in [1.807, 2.05) is 14.9 Å². The van der Waals surface area contributed by atoms with Gasteiger partial charge in [-0.3, -0.25) is 9.59 Å². The number of amides is 1. The number of hydrogen-bond donors (Lipinski definition) is 1. The molecule has 3 aromatic heterocycles. The fourth-order valence-corrected chi connectivity index (χ4v) is 6.22. The maximum atomic E-state index is 13.4. The first-order valence-corrected chi connectivity index (χ1v) is 14.6. The average molecular weight is 630 g/mol.